The van der Waals surface area contributed by atoms with E-state index in [1.807, 2.05) is 18.6 Å². The Morgan fingerprint density at radius 1 is 1.69 bits per heavy atom. The number of hydrogen-bond acceptors (Lipinski definition) is 3. The van der Waals surface area contributed by atoms with Crippen molar-refractivity contribution in [3.05, 3.63) is 16.6 Å². The summed E-state index contributed by atoms with van der Waals surface area (Å²) in [6.45, 7) is 6.70. The van der Waals surface area contributed by atoms with Gasteiger partial charge in [0, 0.05) is 11.6 Å². The van der Waals surface area contributed by atoms with Crippen LogP contribution in [-0.2, 0) is 5.54 Å². The minimum Gasteiger partial charge on any atom is -0.308 e. The van der Waals surface area contributed by atoms with Crippen molar-refractivity contribution in [2.24, 2.45) is 5.92 Å². The highest BCUT2D eigenvalue weighted by atomic mass is 32.1. The van der Waals surface area contributed by atoms with E-state index >= 15 is 0 Å². The van der Waals surface area contributed by atoms with Crippen molar-refractivity contribution in [3.8, 4) is 0 Å². The highest BCUT2D eigenvalue weighted by Gasteiger charge is 2.32. The third kappa shape index (κ3) is 1.92. The Balaban J connectivity index is 2.93. The van der Waals surface area contributed by atoms with Gasteiger partial charge in [-0.25, -0.2) is 4.98 Å². The van der Waals surface area contributed by atoms with Gasteiger partial charge in [-0.2, -0.15) is 0 Å². The van der Waals surface area contributed by atoms with E-state index in [9.17, 15) is 0 Å². The average Bonchev–Trinajstić information content (AvgIpc) is 2.68. The zero-order valence-electron chi connectivity index (χ0n) is 8.79. The molecule has 1 rings (SSSR count). The molecule has 13 heavy (non-hydrogen) atoms. The molecule has 1 aromatic rings. The van der Waals surface area contributed by atoms with Crippen molar-refractivity contribution < 1.29 is 0 Å². The SMILES string of the molecule is CCC(C)C(C)(NC)c1nccs1. The van der Waals surface area contributed by atoms with E-state index in [2.05, 4.69) is 31.1 Å². The van der Waals surface area contributed by atoms with Gasteiger partial charge >= 0.3 is 0 Å². The van der Waals surface area contributed by atoms with E-state index in [4.69, 9.17) is 0 Å². The van der Waals surface area contributed by atoms with Gasteiger partial charge < -0.3 is 5.32 Å². The molecule has 0 aromatic carbocycles. The van der Waals surface area contributed by atoms with Crippen LogP contribution in [0.15, 0.2) is 11.6 Å². The lowest BCUT2D eigenvalue weighted by atomic mass is 9.86. The highest BCUT2D eigenvalue weighted by Crippen LogP contribution is 2.31. The molecule has 2 unspecified atom stereocenters. The summed E-state index contributed by atoms with van der Waals surface area (Å²) in [4.78, 5) is 4.38. The normalized spacial score (nSPS) is 18.2. The summed E-state index contributed by atoms with van der Waals surface area (Å²) in [5, 5.41) is 6.60. The number of thiazole rings is 1. The first-order chi connectivity index (χ1) is 6.15. The van der Waals surface area contributed by atoms with Crippen LogP contribution in [0.1, 0.15) is 32.2 Å². The van der Waals surface area contributed by atoms with E-state index < -0.39 is 0 Å². The molecule has 2 nitrogen and oxygen atoms in total. The van der Waals surface area contributed by atoms with Crippen LogP contribution in [0.5, 0.6) is 0 Å². The number of aromatic nitrogens is 1. The molecular formula is C10H18N2S. The monoisotopic (exact) mass is 198 g/mol. The second-order valence-corrected chi connectivity index (χ2v) is 4.49. The Hall–Kier alpha value is -0.410. The van der Waals surface area contributed by atoms with Gasteiger partial charge in [0.05, 0.1) is 5.54 Å². The smallest absolute Gasteiger partial charge is 0.113 e. The van der Waals surface area contributed by atoms with Gasteiger partial charge in [-0.1, -0.05) is 20.3 Å². The minimum absolute atomic E-state index is 0.0307. The molecule has 2 atom stereocenters. The van der Waals surface area contributed by atoms with Crippen LogP contribution in [0.2, 0.25) is 0 Å². The van der Waals surface area contributed by atoms with Crippen LogP contribution >= 0.6 is 11.3 Å². The van der Waals surface area contributed by atoms with Crippen molar-refractivity contribution in [3.63, 3.8) is 0 Å². The first-order valence-corrected chi connectivity index (χ1v) is 5.62. The first kappa shape index (κ1) is 10.7. The van der Waals surface area contributed by atoms with Gasteiger partial charge in [-0.15, -0.1) is 11.3 Å². The Labute approximate surface area is 84.4 Å². The predicted octanol–water partition coefficient (Wildman–Crippen LogP) is 2.62. The lowest BCUT2D eigenvalue weighted by molar-refractivity contribution is 0.259. The molecule has 0 fully saturated rings. The molecular weight excluding hydrogens is 180 g/mol. The molecule has 0 bridgehead atoms. The zero-order valence-corrected chi connectivity index (χ0v) is 9.61. The van der Waals surface area contributed by atoms with E-state index in [0.717, 1.165) is 6.42 Å². The maximum Gasteiger partial charge on any atom is 0.113 e. The van der Waals surface area contributed by atoms with Gasteiger partial charge in [0.15, 0.2) is 0 Å². The van der Waals surface area contributed by atoms with Crippen molar-refractivity contribution in [2.75, 3.05) is 7.05 Å². The molecule has 1 aromatic heterocycles. The fourth-order valence-corrected chi connectivity index (χ4v) is 2.37. The van der Waals surface area contributed by atoms with Crippen LogP contribution in [-0.4, -0.2) is 12.0 Å². The third-order valence-electron chi connectivity index (χ3n) is 2.99. The van der Waals surface area contributed by atoms with Crippen molar-refractivity contribution in [2.45, 2.75) is 32.7 Å². The van der Waals surface area contributed by atoms with Gasteiger partial charge in [0.25, 0.3) is 0 Å². The lowest BCUT2D eigenvalue weighted by Gasteiger charge is -2.33. The van der Waals surface area contributed by atoms with E-state index in [0.29, 0.717) is 5.92 Å². The quantitative estimate of drug-likeness (QED) is 0.804. The maximum absolute atomic E-state index is 4.38. The van der Waals surface area contributed by atoms with Crippen LogP contribution in [0, 0.1) is 5.92 Å². The molecule has 0 aliphatic rings. The second-order valence-electron chi connectivity index (χ2n) is 3.60. The summed E-state index contributed by atoms with van der Waals surface area (Å²) >= 11 is 1.72. The maximum atomic E-state index is 4.38. The van der Waals surface area contributed by atoms with Crippen LogP contribution in [0.3, 0.4) is 0 Å². The molecule has 0 saturated carbocycles. The van der Waals surface area contributed by atoms with Crippen molar-refractivity contribution >= 4 is 11.3 Å². The van der Waals surface area contributed by atoms with E-state index in [1.165, 1.54) is 5.01 Å². The Bertz CT molecular complexity index is 245. The molecule has 74 valence electrons. The number of nitrogens with zero attached hydrogens (tertiary/aromatic N) is 1. The average molecular weight is 198 g/mol. The summed E-state index contributed by atoms with van der Waals surface area (Å²) in [6.07, 6.45) is 3.04. The van der Waals surface area contributed by atoms with Crippen molar-refractivity contribution in [1.29, 1.82) is 0 Å². The lowest BCUT2D eigenvalue weighted by Crippen LogP contribution is -2.42. The molecule has 0 saturated heterocycles. The standard InChI is InChI=1S/C10H18N2S/c1-5-8(2)10(3,11-4)9-12-6-7-13-9/h6-8,11H,5H2,1-4H3. The van der Waals surface area contributed by atoms with E-state index in [-0.39, 0.29) is 5.54 Å². The van der Waals surface area contributed by atoms with Gasteiger partial charge in [0.2, 0.25) is 0 Å². The molecule has 3 heteroatoms. The largest absolute Gasteiger partial charge is 0.308 e. The fraction of sp³-hybridized carbons (Fsp3) is 0.700. The summed E-state index contributed by atoms with van der Waals surface area (Å²) in [5.74, 6) is 0.601. The summed E-state index contributed by atoms with van der Waals surface area (Å²) in [5.41, 5.74) is 0.0307. The van der Waals surface area contributed by atoms with Gasteiger partial charge in [-0.05, 0) is 19.9 Å². The van der Waals surface area contributed by atoms with Crippen LogP contribution in [0.4, 0.5) is 0 Å². The zero-order chi connectivity index (χ0) is 9.90. The number of nitrogens with one attached hydrogen (secondary N) is 1. The molecule has 0 amide bonds. The first-order valence-electron chi connectivity index (χ1n) is 4.74. The topological polar surface area (TPSA) is 24.9 Å². The highest BCUT2D eigenvalue weighted by molar-refractivity contribution is 7.09. The predicted molar refractivity (Wildman–Crippen MR) is 58.0 cm³/mol. The summed E-state index contributed by atoms with van der Waals surface area (Å²) in [7, 11) is 2.01. The molecule has 0 aliphatic heterocycles. The fourth-order valence-electron chi connectivity index (χ4n) is 1.45. The van der Waals surface area contributed by atoms with E-state index in [1.54, 1.807) is 11.3 Å². The number of rotatable bonds is 4. The third-order valence-corrected chi connectivity index (χ3v) is 4.00. The molecule has 0 aliphatic carbocycles. The molecule has 1 N–H and O–H groups in total. The number of hydrogen-bond donors (Lipinski definition) is 1. The van der Waals surface area contributed by atoms with Gasteiger partial charge in [-0.3, -0.25) is 0 Å². The van der Waals surface area contributed by atoms with Gasteiger partial charge in [0.1, 0.15) is 5.01 Å². The van der Waals surface area contributed by atoms with Crippen LogP contribution in [0.25, 0.3) is 0 Å². The molecule has 1 heterocycles. The Kier molecular flexibility index (Phi) is 3.45. The summed E-state index contributed by atoms with van der Waals surface area (Å²) in [6, 6.07) is 0. The van der Waals surface area contributed by atoms with Crippen LogP contribution < -0.4 is 5.32 Å². The second kappa shape index (κ2) is 4.20. The Morgan fingerprint density at radius 3 is 2.77 bits per heavy atom. The Morgan fingerprint density at radius 2 is 2.38 bits per heavy atom. The molecule has 0 spiro atoms. The molecule has 0 radical (unpaired) electrons. The minimum atomic E-state index is 0.0307. The summed E-state index contributed by atoms with van der Waals surface area (Å²) < 4.78 is 0. The van der Waals surface area contributed by atoms with Crippen molar-refractivity contribution in [1.82, 2.24) is 10.3 Å².